The van der Waals surface area contributed by atoms with Gasteiger partial charge in [-0.3, -0.25) is 9.59 Å². The van der Waals surface area contributed by atoms with E-state index in [1.807, 2.05) is 17.6 Å². The molecule has 8 rings (SSSR count). The van der Waals surface area contributed by atoms with Gasteiger partial charge in [-0.1, -0.05) is 87.9 Å². The number of anilines is 2. The Kier molecular flexibility index (Phi) is 7.99. The van der Waals surface area contributed by atoms with Crippen molar-refractivity contribution in [1.82, 2.24) is 9.97 Å². The van der Waals surface area contributed by atoms with E-state index >= 15 is 0 Å². The number of thiazole rings is 2. The van der Waals surface area contributed by atoms with E-state index < -0.39 is 10.8 Å². The summed E-state index contributed by atoms with van der Waals surface area (Å²) >= 11 is 3.39. The number of hydrogen-bond donors (Lipinski definition) is 2. The molecule has 4 atom stereocenters. The van der Waals surface area contributed by atoms with E-state index in [9.17, 15) is 9.59 Å². The highest BCUT2D eigenvalue weighted by molar-refractivity contribution is 7.12. The highest BCUT2D eigenvalue weighted by Gasteiger charge is 2.51. The van der Waals surface area contributed by atoms with Gasteiger partial charge in [-0.05, 0) is 61.5 Å². The molecule has 0 spiro atoms. The van der Waals surface area contributed by atoms with Gasteiger partial charge in [0, 0.05) is 35.4 Å². The van der Waals surface area contributed by atoms with E-state index in [0.717, 1.165) is 99.4 Å². The van der Waals surface area contributed by atoms with Crippen LogP contribution in [0, 0.1) is 11.8 Å². The van der Waals surface area contributed by atoms with Crippen molar-refractivity contribution in [2.45, 2.75) is 89.4 Å². The van der Waals surface area contributed by atoms with E-state index in [-0.39, 0.29) is 17.5 Å². The molecule has 2 aromatic heterocycles. The average Bonchev–Trinajstić information content (AvgIpc) is 3.77. The number of benzene rings is 2. The third-order valence-corrected chi connectivity index (χ3v) is 13.7. The van der Waals surface area contributed by atoms with Gasteiger partial charge in [-0.15, -0.1) is 22.7 Å². The van der Waals surface area contributed by atoms with Crippen molar-refractivity contribution < 1.29 is 9.59 Å². The molecule has 0 radical (unpaired) electrons. The van der Waals surface area contributed by atoms with Crippen molar-refractivity contribution in [2.75, 3.05) is 10.6 Å². The van der Waals surface area contributed by atoms with Crippen LogP contribution in [0.3, 0.4) is 0 Å². The van der Waals surface area contributed by atoms with Gasteiger partial charge >= 0.3 is 0 Å². The van der Waals surface area contributed by atoms with Crippen molar-refractivity contribution in [2.24, 2.45) is 11.8 Å². The van der Waals surface area contributed by atoms with Crippen LogP contribution in [0.1, 0.15) is 98.0 Å². The second-order valence-corrected chi connectivity index (χ2v) is 15.8. The molecule has 246 valence electrons. The largest absolute Gasteiger partial charge is 0.342 e. The molecule has 4 aliphatic rings. The van der Waals surface area contributed by atoms with Crippen LogP contribution in [0.15, 0.2) is 88.7 Å². The first-order valence-corrected chi connectivity index (χ1v) is 19.2. The molecule has 4 heterocycles. The SMILES string of the molecule is CC[C@@H]1CC(=O)C2=C(C1)Nc1nc(CC[C@H]3CC(=O)C4=C(C3)Nc3ncsc3[C@]4(CC)c3ccccc3)sc1[C@]2(CC)c1ccccc1. The normalized spacial score (nSPS) is 26.3. The van der Waals surface area contributed by atoms with E-state index in [0.29, 0.717) is 18.8 Å². The number of carbonyl (C=O) groups excluding carboxylic acids is 2. The highest BCUT2D eigenvalue weighted by Crippen LogP contribution is 2.56. The molecule has 0 unspecified atom stereocenters. The van der Waals surface area contributed by atoms with Crippen LogP contribution in [0.4, 0.5) is 11.6 Å². The minimum atomic E-state index is -0.498. The van der Waals surface area contributed by atoms with Crippen LogP contribution < -0.4 is 10.6 Å². The summed E-state index contributed by atoms with van der Waals surface area (Å²) < 4.78 is 0. The summed E-state index contributed by atoms with van der Waals surface area (Å²) in [6.07, 6.45) is 7.12. The highest BCUT2D eigenvalue weighted by atomic mass is 32.1. The molecule has 0 fully saturated rings. The lowest BCUT2D eigenvalue weighted by Crippen LogP contribution is -2.41. The minimum absolute atomic E-state index is 0.214. The molecule has 4 aromatic rings. The Balaban J connectivity index is 1.10. The van der Waals surface area contributed by atoms with Crippen molar-refractivity contribution in [3.63, 3.8) is 0 Å². The predicted molar refractivity (Wildman–Crippen MR) is 195 cm³/mol. The minimum Gasteiger partial charge on any atom is -0.342 e. The Bertz CT molecular complexity index is 1960. The fourth-order valence-electron chi connectivity index (χ4n) is 9.10. The number of fused-ring (bicyclic) bond motifs is 2. The van der Waals surface area contributed by atoms with Crippen LogP contribution in [-0.2, 0) is 26.8 Å². The Morgan fingerprint density at radius 3 is 1.90 bits per heavy atom. The number of rotatable bonds is 8. The topological polar surface area (TPSA) is 84.0 Å². The lowest BCUT2D eigenvalue weighted by Gasteiger charge is -2.43. The zero-order valence-electron chi connectivity index (χ0n) is 27.9. The number of hydrogen-bond acceptors (Lipinski definition) is 8. The summed E-state index contributed by atoms with van der Waals surface area (Å²) in [5.41, 5.74) is 7.24. The summed E-state index contributed by atoms with van der Waals surface area (Å²) in [7, 11) is 0. The molecule has 2 aliphatic carbocycles. The van der Waals surface area contributed by atoms with E-state index in [4.69, 9.17) is 9.97 Å². The zero-order valence-corrected chi connectivity index (χ0v) is 29.5. The number of carbonyl (C=O) groups is 2. The molecule has 0 saturated heterocycles. The maximum absolute atomic E-state index is 14.2. The Hall–Kier alpha value is -3.88. The fourth-order valence-corrected chi connectivity index (χ4v) is 11.5. The second-order valence-electron chi connectivity index (χ2n) is 13.9. The lowest BCUT2D eigenvalue weighted by atomic mass is 9.64. The van der Waals surface area contributed by atoms with Gasteiger partial charge in [0.25, 0.3) is 0 Å². The Morgan fingerprint density at radius 2 is 1.29 bits per heavy atom. The van der Waals surface area contributed by atoms with Crippen molar-refractivity contribution >= 4 is 45.9 Å². The van der Waals surface area contributed by atoms with Crippen LogP contribution in [0.2, 0.25) is 0 Å². The van der Waals surface area contributed by atoms with E-state index in [1.165, 1.54) is 5.56 Å². The van der Waals surface area contributed by atoms with Crippen molar-refractivity contribution in [3.05, 3.63) is 115 Å². The van der Waals surface area contributed by atoms with Gasteiger partial charge in [-0.2, -0.15) is 0 Å². The van der Waals surface area contributed by atoms with Gasteiger partial charge in [0.1, 0.15) is 11.6 Å². The van der Waals surface area contributed by atoms with Crippen LogP contribution in [0.5, 0.6) is 0 Å². The van der Waals surface area contributed by atoms with E-state index in [2.05, 4.69) is 79.9 Å². The first-order valence-electron chi connectivity index (χ1n) is 17.6. The number of ketones is 2. The third-order valence-electron chi connectivity index (χ3n) is 11.4. The van der Waals surface area contributed by atoms with Gasteiger partial charge in [-0.25, -0.2) is 9.97 Å². The molecule has 6 nitrogen and oxygen atoms in total. The van der Waals surface area contributed by atoms with Gasteiger partial charge in [0.05, 0.1) is 31.1 Å². The molecule has 2 N–H and O–H groups in total. The number of aryl methyl sites for hydroxylation is 1. The fraction of sp³-hybridized carbons (Fsp3) is 0.400. The molecule has 2 aliphatic heterocycles. The van der Waals surface area contributed by atoms with Gasteiger partial charge < -0.3 is 10.6 Å². The predicted octanol–water partition coefficient (Wildman–Crippen LogP) is 9.35. The maximum Gasteiger partial charge on any atom is 0.162 e. The standard InChI is InChI=1S/C40H42N4O2S2/c1-4-24-19-28-34(30(45)21-24)40(6-3,27-15-11-8-12-16-27)36-38(43-28)44-32(48-36)18-17-25-20-29-33(31(46)22-25)39(5-2,26-13-9-7-10-14-26)35-37(42-29)41-23-47-35/h7-16,23-25,42-43H,4-6,17-22H2,1-3H3/t24-,25+,39+,40+/m0/s1. The third kappa shape index (κ3) is 4.70. The lowest BCUT2D eigenvalue weighted by molar-refractivity contribution is -0.118. The van der Waals surface area contributed by atoms with Crippen LogP contribution >= 0.6 is 22.7 Å². The summed E-state index contributed by atoms with van der Waals surface area (Å²) in [5, 5.41) is 8.35. The number of Topliss-reactive ketones (excluding diaryl/α,β-unsaturated/α-hetero) is 2. The monoisotopic (exact) mass is 674 g/mol. The molecule has 2 aromatic carbocycles. The van der Waals surface area contributed by atoms with Gasteiger partial charge in [0.15, 0.2) is 11.6 Å². The number of allylic oxidation sites excluding steroid dienone is 4. The Labute approximate surface area is 290 Å². The van der Waals surface area contributed by atoms with Crippen LogP contribution in [0.25, 0.3) is 0 Å². The van der Waals surface area contributed by atoms with Crippen molar-refractivity contribution in [3.8, 4) is 0 Å². The van der Waals surface area contributed by atoms with Crippen molar-refractivity contribution in [1.29, 1.82) is 0 Å². The summed E-state index contributed by atoms with van der Waals surface area (Å²) in [6.45, 7) is 6.58. The number of nitrogens with one attached hydrogen (secondary N) is 2. The van der Waals surface area contributed by atoms with Gasteiger partial charge in [0.2, 0.25) is 0 Å². The Morgan fingerprint density at radius 1 is 0.729 bits per heavy atom. The second kappa shape index (κ2) is 12.2. The molecule has 8 heteroatoms. The molecular formula is C40H42N4O2S2. The summed E-state index contributed by atoms with van der Waals surface area (Å²) in [6, 6.07) is 21.1. The quantitative estimate of drug-likeness (QED) is 0.194. The molecular weight excluding hydrogens is 633 g/mol. The molecule has 48 heavy (non-hydrogen) atoms. The zero-order chi connectivity index (χ0) is 33.0. The maximum atomic E-state index is 14.2. The molecule has 0 saturated carbocycles. The smallest absolute Gasteiger partial charge is 0.162 e. The van der Waals surface area contributed by atoms with Crippen LogP contribution in [-0.4, -0.2) is 21.5 Å². The summed E-state index contributed by atoms with van der Waals surface area (Å²) in [4.78, 5) is 40.3. The first kappa shape index (κ1) is 31.4. The van der Waals surface area contributed by atoms with E-state index in [1.54, 1.807) is 22.7 Å². The first-order chi connectivity index (χ1) is 23.4. The molecule has 0 bridgehead atoms. The summed E-state index contributed by atoms with van der Waals surface area (Å²) in [5.74, 6) is 2.89. The number of aromatic nitrogens is 2. The molecule has 0 amide bonds. The average molecular weight is 675 g/mol. The number of nitrogens with zero attached hydrogens (tertiary/aromatic N) is 2.